The monoisotopic (exact) mass is 522 g/mol. The summed E-state index contributed by atoms with van der Waals surface area (Å²) in [6.07, 6.45) is 0.545. The number of carbonyl (C=O) groups excluding carboxylic acids is 1. The number of hydrogen-bond donors (Lipinski definition) is 1. The van der Waals surface area contributed by atoms with Crippen molar-refractivity contribution in [1.29, 1.82) is 0 Å². The largest absolute Gasteiger partial charge is 0.493 e. The van der Waals surface area contributed by atoms with Gasteiger partial charge >= 0.3 is 5.97 Å². The van der Waals surface area contributed by atoms with Crippen LogP contribution in [-0.4, -0.2) is 60.0 Å². The van der Waals surface area contributed by atoms with E-state index in [4.69, 9.17) is 14.2 Å². The number of benzene rings is 2. The van der Waals surface area contributed by atoms with Crippen LogP contribution in [0, 0.1) is 10.1 Å². The number of alkyl halides is 1. The van der Waals surface area contributed by atoms with E-state index >= 15 is 0 Å². The average molecular weight is 523 g/mol. The fourth-order valence-corrected chi connectivity index (χ4v) is 4.38. The highest BCUT2D eigenvalue weighted by atomic mass is 79.9. The molecule has 1 amide bonds. The number of nitrogens with zero attached hydrogens (tertiary/aromatic N) is 2. The Morgan fingerprint density at radius 2 is 1.79 bits per heavy atom. The van der Waals surface area contributed by atoms with Crippen molar-refractivity contribution in [2.45, 2.75) is 18.4 Å². The fraction of sp³-hybridized carbons (Fsp3) is 0.364. The number of carboxylic acids is 1. The lowest BCUT2D eigenvalue weighted by Gasteiger charge is -2.41. The van der Waals surface area contributed by atoms with Crippen LogP contribution >= 0.6 is 15.9 Å². The Kier molecular flexibility index (Phi) is 7.42. The minimum absolute atomic E-state index is 0.00913. The first-order chi connectivity index (χ1) is 15.8. The number of fused-ring (bicyclic) bond motifs is 1. The number of aliphatic carboxylic acids is 1. The molecule has 10 nitrogen and oxygen atoms in total. The standard InChI is InChI=1S/C22H23BrN2O8/c1-31-16-9-12(10-17(32-2)20(16)33-3)19-18(22(27)28)14-6-5-13(25(29)30)11-15(14)21(26)24(19)8-4-7-23/h5-6,9-11,18-19H,4,7-8H2,1-3H3,(H,27,28)/t18-,19-/m1/s1. The van der Waals surface area contributed by atoms with Crippen molar-refractivity contribution in [3.63, 3.8) is 0 Å². The van der Waals surface area contributed by atoms with Crippen molar-refractivity contribution in [1.82, 2.24) is 4.90 Å². The van der Waals surface area contributed by atoms with E-state index < -0.39 is 28.8 Å². The highest BCUT2D eigenvalue weighted by molar-refractivity contribution is 9.09. The molecule has 33 heavy (non-hydrogen) atoms. The van der Waals surface area contributed by atoms with Crippen molar-refractivity contribution in [2.75, 3.05) is 33.2 Å². The Hall–Kier alpha value is -3.34. The van der Waals surface area contributed by atoms with Gasteiger partial charge in [0.15, 0.2) is 11.5 Å². The van der Waals surface area contributed by atoms with Crippen molar-refractivity contribution in [2.24, 2.45) is 0 Å². The lowest BCUT2D eigenvalue weighted by Crippen LogP contribution is -2.45. The van der Waals surface area contributed by atoms with Gasteiger partial charge in [-0.15, -0.1) is 0 Å². The molecule has 3 rings (SSSR count). The molecule has 0 bridgehead atoms. The average Bonchev–Trinajstić information content (AvgIpc) is 2.81. The highest BCUT2D eigenvalue weighted by Gasteiger charge is 2.45. The fourth-order valence-electron chi connectivity index (χ4n) is 4.13. The normalized spacial score (nSPS) is 17.3. The molecule has 0 aliphatic carbocycles. The molecule has 1 aliphatic heterocycles. The summed E-state index contributed by atoms with van der Waals surface area (Å²) in [7, 11) is 4.34. The zero-order valence-electron chi connectivity index (χ0n) is 18.2. The number of nitro benzene ring substituents is 1. The van der Waals surface area contributed by atoms with Crippen LogP contribution in [0.1, 0.15) is 39.9 Å². The summed E-state index contributed by atoms with van der Waals surface area (Å²) in [6, 6.07) is 6.02. The van der Waals surface area contributed by atoms with Crippen LogP contribution in [0.4, 0.5) is 5.69 Å². The maximum absolute atomic E-state index is 13.5. The maximum Gasteiger partial charge on any atom is 0.313 e. The van der Waals surface area contributed by atoms with Crippen LogP contribution < -0.4 is 14.2 Å². The first kappa shape index (κ1) is 24.3. The molecule has 1 N–H and O–H groups in total. The van der Waals surface area contributed by atoms with Gasteiger partial charge in [-0.05, 0) is 29.7 Å². The predicted octanol–water partition coefficient (Wildman–Crippen LogP) is 3.77. The van der Waals surface area contributed by atoms with Gasteiger partial charge in [0.25, 0.3) is 11.6 Å². The SMILES string of the molecule is COc1cc([C@@H]2[C@H](C(=O)O)c3ccc([N+](=O)[O-])cc3C(=O)N2CCCBr)cc(OC)c1OC. The first-order valence-corrected chi connectivity index (χ1v) is 11.1. The Morgan fingerprint density at radius 3 is 2.27 bits per heavy atom. The Bertz CT molecular complexity index is 1070. The van der Waals surface area contributed by atoms with Gasteiger partial charge in [-0.3, -0.25) is 19.7 Å². The third-order valence-corrected chi connectivity index (χ3v) is 6.11. The van der Waals surface area contributed by atoms with Gasteiger partial charge in [-0.2, -0.15) is 0 Å². The van der Waals surface area contributed by atoms with Gasteiger partial charge in [-0.25, -0.2) is 0 Å². The van der Waals surface area contributed by atoms with Crippen molar-refractivity contribution in [3.05, 3.63) is 57.1 Å². The lowest BCUT2D eigenvalue weighted by atomic mass is 9.79. The van der Waals surface area contributed by atoms with Crippen LogP contribution in [0.25, 0.3) is 0 Å². The quantitative estimate of drug-likeness (QED) is 0.299. The van der Waals surface area contributed by atoms with Gasteiger partial charge in [0.2, 0.25) is 5.75 Å². The molecule has 0 fully saturated rings. The van der Waals surface area contributed by atoms with Crippen LogP contribution in [0.3, 0.4) is 0 Å². The number of non-ortho nitro benzene ring substituents is 1. The molecule has 0 spiro atoms. The summed E-state index contributed by atoms with van der Waals surface area (Å²) in [5.74, 6) is -1.85. The minimum atomic E-state index is -1.17. The number of carbonyl (C=O) groups is 2. The summed E-state index contributed by atoms with van der Waals surface area (Å²) in [6.45, 7) is 0.233. The highest BCUT2D eigenvalue weighted by Crippen LogP contribution is 2.48. The van der Waals surface area contributed by atoms with Gasteiger partial charge in [0.1, 0.15) is 5.92 Å². The number of amides is 1. The van der Waals surface area contributed by atoms with Crippen LogP contribution in [0.15, 0.2) is 30.3 Å². The molecule has 0 aromatic heterocycles. The summed E-state index contributed by atoms with van der Waals surface area (Å²) in [5.41, 5.74) is 0.420. The van der Waals surface area contributed by atoms with Crippen molar-refractivity contribution < 1.29 is 33.8 Å². The van der Waals surface area contributed by atoms with Crippen LogP contribution in [-0.2, 0) is 4.79 Å². The molecular weight excluding hydrogens is 500 g/mol. The van der Waals surface area contributed by atoms with E-state index in [9.17, 15) is 24.8 Å². The molecule has 2 aromatic carbocycles. The smallest absolute Gasteiger partial charge is 0.313 e. The lowest BCUT2D eigenvalue weighted by molar-refractivity contribution is -0.384. The molecule has 0 saturated heterocycles. The molecule has 2 atom stereocenters. The van der Waals surface area contributed by atoms with E-state index in [0.29, 0.717) is 34.6 Å². The molecule has 0 radical (unpaired) electrons. The first-order valence-electron chi connectivity index (χ1n) is 9.97. The number of methoxy groups -OCH3 is 3. The number of nitro groups is 1. The van der Waals surface area contributed by atoms with E-state index in [1.165, 1.54) is 38.4 Å². The Labute approximate surface area is 198 Å². The van der Waals surface area contributed by atoms with Crippen LogP contribution in [0.2, 0.25) is 0 Å². The molecule has 1 aliphatic rings. The zero-order valence-corrected chi connectivity index (χ0v) is 19.8. The van der Waals surface area contributed by atoms with E-state index in [0.717, 1.165) is 6.07 Å². The molecule has 1 heterocycles. The maximum atomic E-state index is 13.5. The van der Waals surface area contributed by atoms with Gasteiger partial charge in [-0.1, -0.05) is 22.0 Å². The van der Waals surface area contributed by atoms with Gasteiger partial charge in [0, 0.05) is 24.0 Å². The second-order valence-corrected chi connectivity index (χ2v) is 8.08. The van der Waals surface area contributed by atoms with E-state index in [-0.39, 0.29) is 23.4 Å². The summed E-state index contributed by atoms with van der Waals surface area (Å²) < 4.78 is 16.2. The second kappa shape index (κ2) is 10.1. The van der Waals surface area contributed by atoms with Gasteiger partial charge < -0.3 is 24.2 Å². The van der Waals surface area contributed by atoms with E-state index in [1.54, 1.807) is 12.1 Å². The molecule has 176 valence electrons. The molecule has 0 unspecified atom stereocenters. The third kappa shape index (κ3) is 4.45. The third-order valence-electron chi connectivity index (χ3n) is 5.55. The zero-order chi connectivity index (χ0) is 24.3. The minimum Gasteiger partial charge on any atom is -0.493 e. The summed E-state index contributed by atoms with van der Waals surface area (Å²) in [5, 5.41) is 22.1. The summed E-state index contributed by atoms with van der Waals surface area (Å²) >= 11 is 3.34. The summed E-state index contributed by atoms with van der Waals surface area (Å²) in [4.78, 5) is 38.1. The predicted molar refractivity (Wildman–Crippen MR) is 122 cm³/mol. The van der Waals surface area contributed by atoms with Crippen molar-refractivity contribution >= 4 is 33.5 Å². The van der Waals surface area contributed by atoms with Gasteiger partial charge in [0.05, 0.1) is 37.9 Å². The molecule has 11 heteroatoms. The molecule has 2 aromatic rings. The topological polar surface area (TPSA) is 128 Å². The second-order valence-electron chi connectivity index (χ2n) is 7.29. The molecular formula is C22H23BrN2O8. The molecule has 0 saturated carbocycles. The van der Waals surface area contributed by atoms with E-state index in [2.05, 4.69) is 15.9 Å². The number of carboxylic acid groups (broad SMARTS) is 1. The number of ether oxygens (including phenoxy) is 3. The van der Waals surface area contributed by atoms with Crippen molar-refractivity contribution in [3.8, 4) is 17.2 Å². The van der Waals surface area contributed by atoms with Crippen LogP contribution in [0.5, 0.6) is 17.2 Å². The Morgan fingerprint density at radius 1 is 1.15 bits per heavy atom. The van der Waals surface area contributed by atoms with E-state index in [1.807, 2.05) is 0 Å². The number of hydrogen-bond acceptors (Lipinski definition) is 7. The number of halogens is 1. The Balaban J connectivity index is 2.28. The number of rotatable bonds is 9.